The van der Waals surface area contributed by atoms with E-state index < -0.39 is 11.9 Å². The number of ether oxygens (including phenoxy) is 3. The van der Waals surface area contributed by atoms with Crippen LogP contribution < -0.4 is 9.47 Å². The van der Waals surface area contributed by atoms with Crippen molar-refractivity contribution in [1.82, 2.24) is 0 Å². The molecule has 5 heteroatoms. The minimum absolute atomic E-state index is 0.132. The number of carbonyl (C=O) groups excluding carboxylic acids is 2. The minimum atomic E-state index is -0.582. The lowest BCUT2D eigenvalue weighted by Crippen LogP contribution is -2.16. The summed E-state index contributed by atoms with van der Waals surface area (Å²) in [7, 11) is 0. The number of unbranched alkanes of at least 4 members (excludes halogenated alkanes) is 1. The van der Waals surface area contributed by atoms with Gasteiger partial charge in [0.05, 0.1) is 6.61 Å². The summed E-state index contributed by atoms with van der Waals surface area (Å²) in [4.78, 5) is 26.0. The zero-order valence-electron chi connectivity index (χ0n) is 22.4. The van der Waals surface area contributed by atoms with Crippen LogP contribution in [0.2, 0.25) is 0 Å². The molecular weight excluding hydrogens is 464 g/mol. The van der Waals surface area contributed by atoms with Crippen molar-refractivity contribution in [2.75, 3.05) is 6.61 Å². The molecule has 0 bridgehead atoms. The highest BCUT2D eigenvalue weighted by Crippen LogP contribution is 2.25. The van der Waals surface area contributed by atoms with E-state index >= 15 is 0 Å². The van der Waals surface area contributed by atoms with Gasteiger partial charge in [0.15, 0.2) is 0 Å². The molecule has 0 N–H and O–H groups in total. The Balaban J connectivity index is 1.67. The molecule has 3 aromatic carbocycles. The predicted octanol–water partition coefficient (Wildman–Crippen LogP) is 7.98. The molecule has 0 fully saturated rings. The molecule has 3 rings (SSSR count). The highest BCUT2D eigenvalue weighted by atomic mass is 16.6. The lowest BCUT2D eigenvalue weighted by atomic mass is 10.0. The third kappa shape index (κ3) is 8.21. The first kappa shape index (κ1) is 28.0. The molecule has 0 heterocycles. The monoisotopic (exact) mass is 502 g/mol. The van der Waals surface area contributed by atoms with Crippen LogP contribution in [0, 0.1) is 5.92 Å². The van der Waals surface area contributed by atoms with Crippen molar-refractivity contribution in [2.24, 2.45) is 5.92 Å². The first-order valence-electron chi connectivity index (χ1n) is 13.2. The van der Waals surface area contributed by atoms with E-state index in [9.17, 15) is 9.59 Å². The Kier molecular flexibility index (Phi) is 10.8. The summed E-state index contributed by atoms with van der Waals surface area (Å²) < 4.78 is 17.2. The number of rotatable bonds is 13. The van der Waals surface area contributed by atoms with Gasteiger partial charge < -0.3 is 14.2 Å². The van der Waals surface area contributed by atoms with E-state index in [1.54, 1.807) is 42.5 Å². The number of carbonyl (C=O) groups is 2. The Labute approximate surface area is 220 Å². The Hall–Kier alpha value is -3.60. The van der Waals surface area contributed by atoms with Crippen LogP contribution in [0.3, 0.4) is 0 Å². The standard InChI is InChI=1S/C32H38O5/c1-5-7-12-24(6-2)21-35-29-15-10-8-13-27(29)32(34)37-30-16-11-9-14-28(30)31(33)36-22-25-17-19-26(20-18-25)23(3)4/h8-11,13-20,23-24H,5-7,12,21-22H2,1-4H3. The normalized spacial score (nSPS) is 11.7. The molecule has 0 aliphatic rings. The summed E-state index contributed by atoms with van der Waals surface area (Å²) in [6, 6.07) is 21.6. The molecule has 0 aromatic heterocycles. The fraction of sp³-hybridized carbons (Fsp3) is 0.375. The van der Waals surface area contributed by atoms with E-state index in [1.807, 2.05) is 30.3 Å². The van der Waals surface area contributed by atoms with Crippen LogP contribution in [-0.2, 0) is 11.3 Å². The SMILES string of the molecule is CCCCC(CC)COc1ccccc1C(=O)Oc1ccccc1C(=O)OCc1ccc(C(C)C)cc1. The van der Waals surface area contributed by atoms with Crippen molar-refractivity contribution in [2.45, 2.75) is 65.9 Å². The van der Waals surface area contributed by atoms with Crippen LogP contribution in [0.5, 0.6) is 11.5 Å². The highest BCUT2D eigenvalue weighted by Gasteiger charge is 2.20. The molecule has 0 amide bonds. The fourth-order valence-electron chi connectivity index (χ4n) is 3.97. The number of hydrogen-bond acceptors (Lipinski definition) is 5. The molecule has 5 nitrogen and oxygen atoms in total. The molecule has 37 heavy (non-hydrogen) atoms. The van der Waals surface area contributed by atoms with E-state index in [1.165, 1.54) is 5.56 Å². The van der Waals surface area contributed by atoms with Crippen molar-refractivity contribution in [1.29, 1.82) is 0 Å². The molecule has 0 aliphatic carbocycles. The predicted molar refractivity (Wildman–Crippen MR) is 146 cm³/mol. The number of benzene rings is 3. The van der Waals surface area contributed by atoms with Crippen LogP contribution in [-0.4, -0.2) is 18.5 Å². The summed E-state index contributed by atoms with van der Waals surface area (Å²) in [5.41, 5.74) is 2.63. The largest absolute Gasteiger partial charge is 0.492 e. The second kappa shape index (κ2) is 14.2. The summed E-state index contributed by atoms with van der Waals surface area (Å²) in [6.45, 7) is 9.27. The maximum atomic E-state index is 13.1. The van der Waals surface area contributed by atoms with Crippen LogP contribution >= 0.6 is 0 Å². The molecule has 3 aromatic rings. The average molecular weight is 503 g/mol. The van der Waals surface area contributed by atoms with Gasteiger partial charge in [0.1, 0.15) is 29.2 Å². The molecule has 0 spiro atoms. The van der Waals surface area contributed by atoms with Gasteiger partial charge in [-0.25, -0.2) is 9.59 Å². The van der Waals surface area contributed by atoms with Crippen LogP contribution in [0.25, 0.3) is 0 Å². The number of esters is 2. The summed E-state index contributed by atoms with van der Waals surface area (Å²) in [5, 5.41) is 0. The van der Waals surface area contributed by atoms with E-state index in [2.05, 4.69) is 27.7 Å². The molecular formula is C32H38O5. The minimum Gasteiger partial charge on any atom is -0.492 e. The first-order valence-corrected chi connectivity index (χ1v) is 13.2. The van der Waals surface area contributed by atoms with E-state index in [-0.39, 0.29) is 17.9 Å². The lowest BCUT2D eigenvalue weighted by molar-refractivity contribution is 0.0467. The smallest absolute Gasteiger partial charge is 0.347 e. The number of para-hydroxylation sites is 2. The molecule has 196 valence electrons. The van der Waals surface area contributed by atoms with Gasteiger partial charge in [0, 0.05) is 0 Å². The maximum Gasteiger partial charge on any atom is 0.347 e. The Morgan fingerprint density at radius 3 is 2.03 bits per heavy atom. The Bertz CT molecular complexity index is 1150. The first-order chi connectivity index (χ1) is 17.9. The van der Waals surface area contributed by atoms with Crippen molar-refractivity contribution in [3.8, 4) is 11.5 Å². The van der Waals surface area contributed by atoms with Crippen molar-refractivity contribution in [3.63, 3.8) is 0 Å². The van der Waals surface area contributed by atoms with E-state index in [0.29, 0.717) is 29.8 Å². The van der Waals surface area contributed by atoms with Crippen molar-refractivity contribution in [3.05, 3.63) is 95.1 Å². The molecule has 1 atom stereocenters. The Morgan fingerprint density at radius 2 is 1.41 bits per heavy atom. The molecule has 0 saturated carbocycles. The highest BCUT2D eigenvalue weighted by molar-refractivity contribution is 5.97. The van der Waals surface area contributed by atoms with Crippen LogP contribution in [0.4, 0.5) is 0 Å². The fourth-order valence-corrected chi connectivity index (χ4v) is 3.97. The van der Waals surface area contributed by atoms with Gasteiger partial charge in [0.25, 0.3) is 0 Å². The zero-order valence-corrected chi connectivity index (χ0v) is 22.4. The molecule has 0 aliphatic heterocycles. The van der Waals surface area contributed by atoms with Gasteiger partial charge in [0.2, 0.25) is 0 Å². The van der Waals surface area contributed by atoms with Gasteiger partial charge in [-0.15, -0.1) is 0 Å². The lowest BCUT2D eigenvalue weighted by Gasteiger charge is -2.17. The van der Waals surface area contributed by atoms with Crippen molar-refractivity contribution >= 4 is 11.9 Å². The van der Waals surface area contributed by atoms with Gasteiger partial charge in [-0.1, -0.05) is 95.5 Å². The van der Waals surface area contributed by atoms with E-state index in [0.717, 1.165) is 31.2 Å². The summed E-state index contributed by atoms with van der Waals surface area (Å²) in [5.74, 6) is 0.359. The third-order valence-electron chi connectivity index (χ3n) is 6.45. The molecule has 0 saturated heterocycles. The van der Waals surface area contributed by atoms with Crippen molar-refractivity contribution < 1.29 is 23.8 Å². The summed E-state index contributed by atoms with van der Waals surface area (Å²) in [6.07, 6.45) is 4.41. The topological polar surface area (TPSA) is 61.8 Å². The van der Waals surface area contributed by atoms with Gasteiger partial charge in [-0.2, -0.15) is 0 Å². The number of hydrogen-bond donors (Lipinski definition) is 0. The van der Waals surface area contributed by atoms with Gasteiger partial charge >= 0.3 is 11.9 Å². The average Bonchev–Trinajstić information content (AvgIpc) is 2.92. The van der Waals surface area contributed by atoms with Crippen LogP contribution in [0.15, 0.2) is 72.8 Å². The second-order valence-electron chi connectivity index (χ2n) is 9.58. The zero-order chi connectivity index (χ0) is 26.6. The maximum absolute atomic E-state index is 13.1. The van der Waals surface area contributed by atoms with Crippen LogP contribution in [0.1, 0.15) is 91.1 Å². The van der Waals surface area contributed by atoms with Gasteiger partial charge in [-0.3, -0.25) is 0 Å². The summed E-state index contributed by atoms with van der Waals surface area (Å²) >= 11 is 0. The quantitative estimate of drug-likeness (QED) is 0.175. The second-order valence-corrected chi connectivity index (χ2v) is 9.58. The third-order valence-corrected chi connectivity index (χ3v) is 6.45. The van der Waals surface area contributed by atoms with Gasteiger partial charge in [-0.05, 0) is 53.6 Å². The Morgan fingerprint density at radius 1 is 0.784 bits per heavy atom. The molecule has 1 unspecified atom stereocenters. The van der Waals surface area contributed by atoms with E-state index in [4.69, 9.17) is 14.2 Å². The molecule has 0 radical (unpaired) electrons.